The van der Waals surface area contributed by atoms with E-state index in [0.29, 0.717) is 16.6 Å². The predicted octanol–water partition coefficient (Wildman–Crippen LogP) is 2.31. The third-order valence-corrected chi connectivity index (χ3v) is 2.25. The first kappa shape index (κ1) is 9.98. The second kappa shape index (κ2) is 3.55. The van der Waals surface area contributed by atoms with Crippen molar-refractivity contribution in [2.75, 3.05) is 0 Å². The smallest absolute Gasteiger partial charge is 0.152 e. The highest BCUT2D eigenvalue weighted by atomic mass is 19.1. The predicted molar refractivity (Wildman–Crippen MR) is 52.3 cm³/mol. The van der Waals surface area contributed by atoms with E-state index >= 15 is 0 Å². The summed E-state index contributed by atoms with van der Waals surface area (Å²) in [5.74, 6) is -1.33. The Kier molecular flexibility index (Phi) is 2.36. The third kappa shape index (κ3) is 1.68. The van der Waals surface area contributed by atoms with Crippen molar-refractivity contribution in [1.82, 2.24) is 4.98 Å². The first-order chi connectivity index (χ1) is 7.11. The summed E-state index contributed by atoms with van der Waals surface area (Å²) in [6.45, 7) is 1.47. The fourth-order valence-electron chi connectivity index (χ4n) is 1.56. The minimum absolute atomic E-state index is 0.0976. The Hall–Kier alpha value is -1.55. The lowest BCUT2D eigenvalue weighted by molar-refractivity contribution is 0.277. The lowest BCUT2D eigenvalue weighted by atomic mass is 10.1. The highest BCUT2D eigenvalue weighted by molar-refractivity contribution is 5.82. The molecule has 0 bridgehead atoms. The van der Waals surface area contributed by atoms with Crippen molar-refractivity contribution in [1.29, 1.82) is 0 Å². The van der Waals surface area contributed by atoms with E-state index in [1.807, 2.05) is 0 Å². The van der Waals surface area contributed by atoms with Gasteiger partial charge in [0.2, 0.25) is 0 Å². The molecular formula is C11H9F2NO. The molecule has 1 aromatic heterocycles. The van der Waals surface area contributed by atoms with Crippen molar-refractivity contribution in [2.45, 2.75) is 13.5 Å². The maximum absolute atomic E-state index is 13.4. The number of nitrogens with zero attached hydrogens (tertiary/aromatic N) is 1. The average molecular weight is 209 g/mol. The maximum atomic E-state index is 13.4. The Bertz CT molecular complexity index is 525. The number of hydrogen-bond acceptors (Lipinski definition) is 2. The number of benzene rings is 1. The summed E-state index contributed by atoms with van der Waals surface area (Å²) >= 11 is 0. The monoisotopic (exact) mass is 209 g/mol. The third-order valence-electron chi connectivity index (χ3n) is 2.25. The van der Waals surface area contributed by atoms with Crippen molar-refractivity contribution in [3.05, 3.63) is 41.1 Å². The minimum Gasteiger partial charge on any atom is -0.390 e. The summed E-state index contributed by atoms with van der Waals surface area (Å²) in [7, 11) is 0. The van der Waals surface area contributed by atoms with Crippen LogP contribution in [0.2, 0.25) is 0 Å². The van der Waals surface area contributed by atoms with Crippen LogP contribution in [0.4, 0.5) is 8.78 Å². The van der Waals surface area contributed by atoms with Gasteiger partial charge in [0.1, 0.15) is 11.3 Å². The Morgan fingerprint density at radius 1 is 1.27 bits per heavy atom. The van der Waals surface area contributed by atoms with Gasteiger partial charge in [0.15, 0.2) is 5.82 Å². The van der Waals surface area contributed by atoms with Crippen LogP contribution < -0.4 is 0 Å². The van der Waals surface area contributed by atoms with Crippen LogP contribution >= 0.6 is 0 Å². The largest absolute Gasteiger partial charge is 0.390 e. The van der Waals surface area contributed by atoms with E-state index in [2.05, 4.69) is 4.98 Å². The molecule has 4 heteroatoms. The molecule has 0 saturated heterocycles. The van der Waals surface area contributed by atoms with Gasteiger partial charge in [-0.25, -0.2) is 13.8 Å². The van der Waals surface area contributed by atoms with Crippen LogP contribution in [0.1, 0.15) is 11.3 Å². The summed E-state index contributed by atoms with van der Waals surface area (Å²) in [4.78, 5) is 3.90. The van der Waals surface area contributed by atoms with Crippen molar-refractivity contribution in [3.8, 4) is 0 Å². The molecule has 0 fully saturated rings. The van der Waals surface area contributed by atoms with Crippen LogP contribution in [0.3, 0.4) is 0 Å². The van der Waals surface area contributed by atoms with E-state index < -0.39 is 11.6 Å². The number of aryl methyl sites for hydroxylation is 1. The van der Waals surface area contributed by atoms with Gasteiger partial charge in [-0.05, 0) is 24.6 Å². The Balaban J connectivity index is 2.85. The van der Waals surface area contributed by atoms with Gasteiger partial charge >= 0.3 is 0 Å². The molecule has 0 saturated carbocycles. The zero-order chi connectivity index (χ0) is 11.0. The second-order valence-electron chi connectivity index (χ2n) is 3.37. The molecule has 2 nitrogen and oxygen atoms in total. The van der Waals surface area contributed by atoms with Gasteiger partial charge in [0.05, 0.1) is 12.3 Å². The van der Waals surface area contributed by atoms with Crippen molar-refractivity contribution < 1.29 is 13.9 Å². The highest BCUT2D eigenvalue weighted by Gasteiger charge is 2.08. The molecule has 15 heavy (non-hydrogen) atoms. The summed E-state index contributed by atoms with van der Waals surface area (Å²) in [5, 5.41) is 9.34. The zero-order valence-electron chi connectivity index (χ0n) is 8.09. The highest BCUT2D eigenvalue weighted by Crippen LogP contribution is 2.21. The van der Waals surface area contributed by atoms with Gasteiger partial charge in [-0.2, -0.15) is 0 Å². The van der Waals surface area contributed by atoms with Crippen LogP contribution in [-0.2, 0) is 6.61 Å². The number of aliphatic hydroxyl groups excluding tert-OH is 1. The fourth-order valence-corrected chi connectivity index (χ4v) is 1.56. The quantitative estimate of drug-likeness (QED) is 0.781. The molecular weight excluding hydrogens is 200 g/mol. The maximum Gasteiger partial charge on any atom is 0.152 e. The van der Waals surface area contributed by atoms with Crippen LogP contribution in [0.5, 0.6) is 0 Å². The van der Waals surface area contributed by atoms with E-state index in [1.54, 1.807) is 13.0 Å². The second-order valence-corrected chi connectivity index (χ2v) is 3.37. The van der Waals surface area contributed by atoms with Crippen LogP contribution in [0.15, 0.2) is 18.2 Å². The van der Waals surface area contributed by atoms with Gasteiger partial charge in [-0.3, -0.25) is 0 Å². The van der Waals surface area contributed by atoms with Gasteiger partial charge < -0.3 is 5.11 Å². The number of pyridine rings is 1. The fraction of sp³-hybridized carbons (Fsp3) is 0.182. The topological polar surface area (TPSA) is 33.1 Å². The van der Waals surface area contributed by atoms with E-state index in [1.165, 1.54) is 6.07 Å². The first-order valence-electron chi connectivity index (χ1n) is 4.48. The lowest BCUT2D eigenvalue weighted by Gasteiger charge is -2.05. The Morgan fingerprint density at radius 2 is 2.00 bits per heavy atom. The normalized spacial score (nSPS) is 10.9. The molecule has 1 heterocycles. The summed E-state index contributed by atoms with van der Waals surface area (Å²) in [6.07, 6.45) is 0. The first-order valence-corrected chi connectivity index (χ1v) is 4.48. The number of rotatable bonds is 1. The number of fused-ring (bicyclic) bond motifs is 1. The summed E-state index contributed by atoms with van der Waals surface area (Å²) in [5.41, 5.74) is 1.17. The number of aromatic nitrogens is 1. The lowest BCUT2D eigenvalue weighted by Crippen LogP contribution is -1.95. The van der Waals surface area contributed by atoms with E-state index in [0.717, 1.165) is 6.07 Å². The zero-order valence-corrected chi connectivity index (χ0v) is 8.09. The summed E-state index contributed by atoms with van der Waals surface area (Å²) < 4.78 is 26.3. The molecule has 1 N–H and O–H groups in total. The van der Waals surface area contributed by atoms with Crippen LogP contribution in [-0.4, -0.2) is 10.1 Å². The Labute approximate surface area is 85.2 Å². The average Bonchev–Trinajstić information content (AvgIpc) is 2.19. The van der Waals surface area contributed by atoms with Crippen molar-refractivity contribution >= 4 is 10.9 Å². The van der Waals surface area contributed by atoms with Gasteiger partial charge in [-0.15, -0.1) is 0 Å². The van der Waals surface area contributed by atoms with E-state index in [4.69, 9.17) is 5.11 Å². The van der Waals surface area contributed by atoms with E-state index in [9.17, 15) is 8.78 Å². The molecule has 0 aliphatic rings. The van der Waals surface area contributed by atoms with E-state index in [-0.39, 0.29) is 12.1 Å². The molecule has 0 amide bonds. The molecule has 0 aliphatic heterocycles. The van der Waals surface area contributed by atoms with Crippen molar-refractivity contribution in [2.24, 2.45) is 0 Å². The molecule has 78 valence electrons. The standard InChI is InChI=1S/C11H9F2NO/c1-6-2-8(5-15)14-11-9(6)3-7(12)4-10(11)13/h2-4,15H,5H2,1H3. The molecule has 0 unspecified atom stereocenters. The molecule has 0 radical (unpaired) electrons. The number of halogens is 2. The number of hydrogen-bond donors (Lipinski definition) is 1. The SMILES string of the molecule is Cc1cc(CO)nc2c(F)cc(F)cc12. The molecule has 0 spiro atoms. The van der Waals surface area contributed by atoms with Crippen LogP contribution in [0.25, 0.3) is 10.9 Å². The molecule has 0 atom stereocenters. The van der Waals surface area contributed by atoms with Crippen LogP contribution in [0, 0.1) is 18.6 Å². The Morgan fingerprint density at radius 3 is 2.67 bits per heavy atom. The molecule has 0 aliphatic carbocycles. The molecule has 1 aromatic carbocycles. The van der Waals surface area contributed by atoms with Crippen molar-refractivity contribution in [3.63, 3.8) is 0 Å². The molecule has 2 aromatic rings. The van der Waals surface area contributed by atoms with Gasteiger partial charge in [0, 0.05) is 11.5 Å². The molecule has 2 rings (SSSR count). The number of aliphatic hydroxyl groups is 1. The summed E-state index contributed by atoms with van der Waals surface area (Å²) in [6, 6.07) is 3.64. The minimum atomic E-state index is -0.705. The van der Waals surface area contributed by atoms with Gasteiger partial charge in [0.25, 0.3) is 0 Å². The van der Waals surface area contributed by atoms with Gasteiger partial charge in [-0.1, -0.05) is 0 Å².